The van der Waals surface area contributed by atoms with Gasteiger partial charge in [0.1, 0.15) is 5.82 Å². The molecule has 2 rings (SSSR count). The smallest absolute Gasteiger partial charge is 0.183 e. The van der Waals surface area contributed by atoms with E-state index in [1.54, 1.807) is 11.8 Å². The Labute approximate surface area is 107 Å². The predicted octanol–water partition coefficient (Wildman–Crippen LogP) is 1.38. The number of amidine groups is 1. The lowest BCUT2D eigenvalue weighted by molar-refractivity contribution is 0.220. The third-order valence-electron chi connectivity index (χ3n) is 2.28. The molecule has 6 heteroatoms. The third-order valence-corrected chi connectivity index (χ3v) is 2.85. The van der Waals surface area contributed by atoms with Gasteiger partial charge in [0.05, 0.1) is 6.20 Å². The van der Waals surface area contributed by atoms with Crippen LogP contribution in [0.3, 0.4) is 0 Å². The highest BCUT2D eigenvalue weighted by molar-refractivity contribution is 8.13. The van der Waals surface area contributed by atoms with Crippen molar-refractivity contribution in [2.45, 2.75) is 45.2 Å². The van der Waals surface area contributed by atoms with Gasteiger partial charge in [-0.3, -0.25) is 5.43 Å². The third kappa shape index (κ3) is 4.12. The standard InChI is InChI=1S/C11H21N5S/c1-11(2,3)13-9-7-16(14-8-5-6-8)15-10(12-9)17-4/h7-8,13-14H,5-6H2,1-4H3,(H,12,15). The highest BCUT2D eigenvalue weighted by atomic mass is 32.2. The Morgan fingerprint density at radius 2 is 2.18 bits per heavy atom. The molecule has 0 spiro atoms. The van der Waals surface area contributed by atoms with E-state index in [-0.39, 0.29) is 5.54 Å². The van der Waals surface area contributed by atoms with Gasteiger partial charge in [0.2, 0.25) is 0 Å². The van der Waals surface area contributed by atoms with Crippen LogP contribution in [0, 0.1) is 0 Å². The zero-order valence-corrected chi connectivity index (χ0v) is 11.7. The average Bonchev–Trinajstić information content (AvgIpc) is 2.98. The number of aliphatic imine (C=N–C) groups is 1. The van der Waals surface area contributed by atoms with Gasteiger partial charge < -0.3 is 5.32 Å². The Kier molecular flexibility index (Phi) is 3.53. The van der Waals surface area contributed by atoms with Gasteiger partial charge in [0, 0.05) is 11.6 Å². The van der Waals surface area contributed by atoms with E-state index in [0.29, 0.717) is 6.04 Å². The zero-order valence-electron chi connectivity index (χ0n) is 10.9. The van der Waals surface area contributed by atoms with Crippen molar-refractivity contribution >= 4 is 16.9 Å². The van der Waals surface area contributed by atoms with Crippen LogP contribution in [0.15, 0.2) is 17.0 Å². The number of nitrogens with one attached hydrogen (secondary N) is 3. The van der Waals surface area contributed by atoms with Gasteiger partial charge in [0.15, 0.2) is 5.17 Å². The molecule has 17 heavy (non-hydrogen) atoms. The fraction of sp³-hybridized carbons (Fsp3) is 0.727. The van der Waals surface area contributed by atoms with Crippen LogP contribution in [0.1, 0.15) is 33.6 Å². The average molecular weight is 255 g/mol. The van der Waals surface area contributed by atoms with E-state index in [1.165, 1.54) is 12.8 Å². The number of hydrazine groups is 2. The van der Waals surface area contributed by atoms with Gasteiger partial charge in [-0.15, -0.1) is 0 Å². The predicted molar refractivity (Wildman–Crippen MR) is 73.1 cm³/mol. The maximum atomic E-state index is 4.50. The van der Waals surface area contributed by atoms with Gasteiger partial charge in [-0.05, 0) is 39.9 Å². The lowest BCUT2D eigenvalue weighted by atomic mass is 10.1. The molecule has 5 nitrogen and oxygen atoms in total. The van der Waals surface area contributed by atoms with Crippen LogP contribution in [-0.2, 0) is 0 Å². The molecule has 1 saturated carbocycles. The molecule has 1 aliphatic carbocycles. The Bertz CT molecular complexity index is 340. The molecule has 0 radical (unpaired) electrons. The summed E-state index contributed by atoms with van der Waals surface area (Å²) >= 11 is 1.60. The van der Waals surface area contributed by atoms with Gasteiger partial charge in [0.25, 0.3) is 0 Å². The molecule has 96 valence electrons. The van der Waals surface area contributed by atoms with E-state index in [9.17, 15) is 0 Å². The van der Waals surface area contributed by atoms with Crippen molar-refractivity contribution in [3.05, 3.63) is 12.0 Å². The fourth-order valence-electron chi connectivity index (χ4n) is 1.44. The minimum atomic E-state index is 0.0153. The molecule has 2 aliphatic rings. The first kappa shape index (κ1) is 12.6. The van der Waals surface area contributed by atoms with Crippen LogP contribution in [0.4, 0.5) is 0 Å². The Hall–Kier alpha value is -0.880. The molecule has 0 aromatic heterocycles. The Morgan fingerprint density at radius 3 is 2.71 bits per heavy atom. The molecule has 0 atom stereocenters. The number of hydrogen-bond donors (Lipinski definition) is 3. The summed E-state index contributed by atoms with van der Waals surface area (Å²) in [6, 6.07) is 0.607. The van der Waals surface area contributed by atoms with Crippen molar-refractivity contribution in [3.63, 3.8) is 0 Å². The van der Waals surface area contributed by atoms with Crippen molar-refractivity contribution in [2.75, 3.05) is 6.26 Å². The molecule has 0 amide bonds. The molecular formula is C11H21N5S. The van der Waals surface area contributed by atoms with Crippen molar-refractivity contribution in [1.82, 2.24) is 21.3 Å². The lowest BCUT2D eigenvalue weighted by Gasteiger charge is -2.30. The SMILES string of the molecule is CSC1=NC(NC(C)(C)C)=CN(NC2CC2)N1. The largest absolute Gasteiger partial charge is 0.364 e. The molecule has 1 fully saturated rings. The summed E-state index contributed by atoms with van der Waals surface area (Å²) in [6.45, 7) is 6.38. The molecule has 3 N–H and O–H groups in total. The first-order valence-corrected chi connectivity index (χ1v) is 7.13. The monoisotopic (exact) mass is 255 g/mol. The molecular weight excluding hydrogens is 234 g/mol. The maximum Gasteiger partial charge on any atom is 0.183 e. The van der Waals surface area contributed by atoms with Crippen molar-refractivity contribution < 1.29 is 0 Å². The van der Waals surface area contributed by atoms with Crippen LogP contribution >= 0.6 is 11.8 Å². The molecule has 0 aromatic rings. The summed E-state index contributed by atoms with van der Waals surface area (Å²) in [5.41, 5.74) is 6.61. The second kappa shape index (κ2) is 4.78. The number of rotatable bonds is 3. The molecule has 1 aliphatic heterocycles. The molecule has 1 heterocycles. The Morgan fingerprint density at radius 1 is 1.47 bits per heavy atom. The first-order chi connectivity index (χ1) is 7.96. The van der Waals surface area contributed by atoms with Crippen LogP contribution in [-0.4, -0.2) is 28.1 Å². The van der Waals surface area contributed by atoms with E-state index in [4.69, 9.17) is 0 Å². The van der Waals surface area contributed by atoms with E-state index in [1.807, 2.05) is 17.6 Å². The van der Waals surface area contributed by atoms with Crippen LogP contribution < -0.4 is 16.2 Å². The fourth-order valence-corrected chi connectivity index (χ4v) is 1.81. The number of nitrogens with zero attached hydrogens (tertiary/aromatic N) is 2. The Balaban J connectivity index is 2.03. The number of thioether (sulfide) groups is 1. The van der Waals surface area contributed by atoms with Gasteiger partial charge in [-0.1, -0.05) is 11.8 Å². The summed E-state index contributed by atoms with van der Waals surface area (Å²) in [4.78, 5) is 4.50. The normalized spacial score (nSPS) is 20.6. The maximum absolute atomic E-state index is 4.50. The van der Waals surface area contributed by atoms with E-state index in [0.717, 1.165) is 11.0 Å². The summed E-state index contributed by atoms with van der Waals surface area (Å²) < 4.78 is 0. The zero-order chi connectivity index (χ0) is 12.5. The molecule has 0 saturated heterocycles. The van der Waals surface area contributed by atoms with Gasteiger partial charge in [-0.25, -0.2) is 15.5 Å². The second-order valence-electron chi connectivity index (χ2n) is 5.40. The number of hydrogen-bond acceptors (Lipinski definition) is 6. The van der Waals surface area contributed by atoms with E-state index in [2.05, 4.69) is 41.9 Å². The minimum Gasteiger partial charge on any atom is -0.364 e. The van der Waals surface area contributed by atoms with Crippen LogP contribution in [0.25, 0.3) is 0 Å². The first-order valence-electron chi connectivity index (χ1n) is 5.91. The van der Waals surface area contributed by atoms with Gasteiger partial charge in [-0.2, -0.15) is 0 Å². The van der Waals surface area contributed by atoms with Crippen molar-refractivity contribution in [1.29, 1.82) is 0 Å². The summed E-state index contributed by atoms with van der Waals surface area (Å²) in [7, 11) is 0. The summed E-state index contributed by atoms with van der Waals surface area (Å²) in [5, 5.41) is 6.19. The highest BCUT2D eigenvalue weighted by Crippen LogP contribution is 2.20. The van der Waals surface area contributed by atoms with Crippen molar-refractivity contribution in [2.24, 2.45) is 4.99 Å². The van der Waals surface area contributed by atoms with E-state index < -0.39 is 0 Å². The topological polar surface area (TPSA) is 51.7 Å². The molecule has 0 bridgehead atoms. The summed E-state index contributed by atoms with van der Waals surface area (Å²) in [6.07, 6.45) is 6.48. The highest BCUT2D eigenvalue weighted by Gasteiger charge is 2.25. The van der Waals surface area contributed by atoms with Gasteiger partial charge >= 0.3 is 0 Å². The quantitative estimate of drug-likeness (QED) is 0.711. The minimum absolute atomic E-state index is 0.0153. The molecule has 0 aromatic carbocycles. The second-order valence-corrected chi connectivity index (χ2v) is 6.19. The lowest BCUT2D eigenvalue weighted by Crippen LogP contribution is -2.50. The van der Waals surface area contributed by atoms with E-state index >= 15 is 0 Å². The van der Waals surface area contributed by atoms with Crippen LogP contribution in [0.5, 0.6) is 0 Å². The van der Waals surface area contributed by atoms with Crippen molar-refractivity contribution in [3.8, 4) is 0 Å². The van der Waals surface area contributed by atoms with Crippen LogP contribution in [0.2, 0.25) is 0 Å². The molecule has 0 unspecified atom stereocenters. The summed E-state index contributed by atoms with van der Waals surface area (Å²) in [5.74, 6) is 0.883.